The lowest BCUT2D eigenvalue weighted by Crippen LogP contribution is -2.45. The zero-order chi connectivity index (χ0) is 32.9. The highest BCUT2D eigenvalue weighted by Crippen LogP contribution is 2.16. The van der Waals surface area contributed by atoms with Crippen molar-refractivity contribution >= 4 is 5.91 Å². The highest BCUT2D eigenvalue weighted by Gasteiger charge is 2.17. The van der Waals surface area contributed by atoms with Crippen LogP contribution in [0.4, 0.5) is 0 Å². The molecule has 0 fully saturated rings. The third-order valence-electron chi connectivity index (χ3n) is 9.52. The molecule has 3 N–H and O–H groups in total. The molecule has 0 heterocycles. The molecule has 0 aromatic carbocycles. The molecule has 0 saturated heterocycles. The van der Waals surface area contributed by atoms with Crippen LogP contribution < -0.4 is 5.32 Å². The lowest BCUT2D eigenvalue weighted by atomic mass is 10.0. The lowest BCUT2D eigenvalue weighted by Gasteiger charge is -2.20. The maximum absolute atomic E-state index is 12.3. The normalized spacial score (nSPS) is 13.1. The molecule has 0 aliphatic rings. The molecule has 268 valence electrons. The van der Waals surface area contributed by atoms with E-state index < -0.39 is 12.1 Å². The molecular formula is C41H81NO3. The van der Waals surface area contributed by atoms with Crippen molar-refractivity contribution in [3.8, 4) is 0 Å². The van der Waals surface area contributed by atoms with Gasteiger partial charge in [-0.05, 0) is 19.3 Å². The number of aliphatic hydroxyl groups is 2. The van der Waals surface area contributed by atoms with Crippen molar-refractivity contribution in [3.63, 3.8) is 0 Å². The first-order valence-corrected chi connectivity index (χ1v) is 20.4. The van der Waals surface area contributed by atoms with Crippen LogP contribution >= 0.6 is 0 Å². The van der Waals surface area contributed by atoms with Gasteiger partial charge in [0.25, 0.3) is 0 Å². The summed E-state index contributed by atoms with van der Waals surface area (Å²) < 4.78 is 0. The number of aliphatic hydroxyl groups excluding tert-OH is 2. The summed E-state index contributed by atoms with van der Waals surface area (Å²) in [5, 5.41) is 22.9. The number of carbonyl (C=O) groups excluding carboxylic acids is 1. The summed E-state index contributed by atoms with van der Waals surface area (Å²) in [6.07, 6.45) is 46.0. The SMILES string of the molecule is CCCCCCCCCCC/C=C/C(O)C(CO)NC(=O)CCCCCCCCCCCCCCCCCCCCCCCC. The molecule has 0 aliphatic carbocycles. The number of allylic oxidation sites excluding steroid dienone is 1. The van der Waals surface area contributed by atoms with Crippen LogP contribution in [-0.4, -0.2) is 34.9 Å². The molecule has 0 saturated carbocycles. The standard InChI is InChI=1S/C41H81NO3/c1-3-5-7-9-11-13-15-16-17-18-19-20-21-22-23-24-25-27-29-31-33-35-37-41(45)42-39(38-43)40(44)36-34-32-30-28-26-14-12-10-8-6-4-2/h34,36,39-40,43-44H,3-33,35,37-38H2,1-2H3,(H,42,45)/b36-34+. The van der Waals surface area contributed by atoms with E-state index in [1.54, 1.807) is 6.08 Å². The molecule has 0 radical (unpaired) electrons. The van der Waals surface area contributed by atoms with E-state index in [0.717, 1.165) is 25.7 Å². The van der Waals surface area contributed by atoms with E-state index in [9.17, 15) is 15.0 Å². The third-order valence-corrected chi connectivity index (χ3v) is 9.52. The monoisotopic (exact) mass is 636 g/mol. The molecule has 0 rings (SSSR count). The van der Waals surface area contributed by atoms with E-state index in [2.05, 4.69) is 19.2 Å². The van der Waals surface area contributed by atoms with Gasteiger partial charge in [-0.1, -0.05) is 212 Å². The number of nitrogens with one attached hydrogen (secondary N) is 1. The van der Waals surface area contributed by atoms with Crippen LogP contribution in [0.3, 0.4) is 0 Å². The van der Waals surface area contributed by atoms with E-state index in [1.165, 1.54) is 180 Å². The fourth-order valence-corrected chi connectivity index (χ4v) is 6.35. The van der Waals surface area contributed by atoms with Crippen LogP contribution in [-0.2, 0) is 4.79 Å². The molecule has 4 nitrogen and oxygen atoms in total. The number of amides is 1. The van der Waals surface area contributed by atoms with Crippen LogP contribution in [0.15, 0.2) is 12.2 Å². The van der Waals surface area contributed by atoms with Crippen LogP contribution in [0, 0.1) is 0 Å². The van der Waals surface area contributed by atoms with Crippen LogP contribution in [0.25, 0.3) is 0 Å². The highest BCUT2D eigenvalue weighted by atomic mass is 16.3. The van der Waals surface area contributed by atoms with Gasteiger partial charge in [-0.3, -0.25) is 4.79 Å². The maximum Gasteiger partial charge on any atom is 0.220 e. The summed E-state index contributed by atoms with van der Waals surface area (Å²) in [4.78, 5) is 12.3. The first-order valence-electron chi connectivity index (χ1n) is 20.4. The van der Waals surface area contributed by atoms with Gasteiger partial charge in [0.2, 0.25) is 5.91 Å². The molecular weight excluding hydrogens is 554 g/mol. The summed E-state index contributed by atoms with van der Waals surface area (Å²) in [6.45, 7) is 4.31. The smallest absolute Gasteiger partial charge is 0.220 e. The van der Waals surface area contributed by atoms with Crippen LogP contribution in [0.2, 0.25) is 0 Å². The van der Waals surface area contributed by atoms with Crippen molar-refractivity contribution in [2.45, 2.75) is 238 Å². The highest BCUT2D eigenvalue weighted by molar-refractivity contribution is 5.76. The molecule has 1 amide bonds. The zero-order valence-electron chi connectivity index (χ0n) is 30.7. The Hall–Kier alpha value is -0.870. The molecule has 4 heteroatoms. The van der Waals surface area contributed by atoms with Gasteiger partial charge in [-0.25, -0.2) is 0 Å². The van der Waals surface area contributed by atoms with Crippen molar-refractivity contribution in [3.05, 3.63) is 12.2 Å². The molecule has 0 aliphatic heterocycles. The lowest BCUT2D eigenvalue weighted by molar-refractivity contribution is -0.123. The number of unbranched alkanes of at least 4 members (excludes halogenated alkanes) is 30. The second-order valence-electron chi connectivity index (χ2n) is 14.1. The Morgan fingerprint density at radius 3 is 1.16 bits per heavy atom. The van der Waals surface area contributed by atoms with Gasteiger partial charge in [-0.15, -0.1) is 0 Å². The molecule has 0 spiro atoms. The summed E-state index contributed by atoms with van der Waals surface area (Å²) in [6, 6.07) is -0.614. The Morgan fingerprint density at radius 2 is 0.822 bits per heavy atom. The predicted octanol–water partition coefficient (Wildman–Crippen LogP) is 12.3. The Morgan fingerprint density at radius 1 is 0.511 bits per heavy atom. The summed E-state index contributed by atoms with van der Waals surface area (Å²) in [5.74, 6) is -0.0615. The minimum absolute atomic E-state index is 0.0615. The van der Waals surface area contributed by atoms with E-state index in [1.807, 2.05) is 6.08 Å². The maximum atomic E-state index is 12.3. The Kier molecular flexibility index (Phi) is 36.9. The van der Waals surface area contributed by atoms with Gasteiger partial charge in [-0.2, -0.15) is 0 Å². The second-order valence-corrected chi connectivity index (χ2v) is 14.1. The fourth-order valence-electron chi connectivity index (χ4n) is 6.35. The molecule has 0 aromatic rings. The number of hydrogen-bond donors (Lipinski definition) is 3. The predicted molar refractivity (Wildman–Crippen MR) is 198 cm³/mol. The molecule has 0 aromatic heterocycles. The summed E-state index contributed by atoms with van der Waals surface area (Å²) >= 11 is 0. The van der Waals surface area contributed by atoms with Gasteiger partial charge in [0.1, 0.15) is 0 Å². The fraction of sp³-hybridized carbons (Fsp3) is 0.927. The Balaban J connectivity index is 3.49. The van der Waals surface area contributed by atoms with Crippen LogP contribution in [0.1, 0.15) is 226 Å². The third kappa shape index (κ3) is 34.3. The average Bonchev–Trinajstić information content (AvgIpc) is 3.04. The van der Waals surface area contributed by atoms with E-state index in [-0.39, 0.29) is 12.5 Å². The number of hydrogen-bond acceptors (Lipinski definition) is 3. The average molecular weight is 636 g/mol. The van der Waals surface area contributed by atoms with Crippen molar-refractivity contribution in [1.29, 1.82) is 0 Å². The summed E-state index contributed by atoms with van der Waals surface area (Å²) in [5.41, 5.74) is 0. The first kappa shape index (κ1) is 44.1. The number of rotatable bonds is 37. The Labute approximate surface area is 282 Å². The van der Waals surface area contributed by atoms with E-state index >= 15 is 0 Å². The van der Waals surface area contributed by atoms with Gasteiger partial charge >= 0.3 is 0 Å². The Bertz CT molecular complexity index is 608. The number of carbonyl (C=O) groups is 1. The summed E-state index contributed by atoms with van der Waals surface area (Å²) in [7, 11) is 0. The van der Waals surface area contributed by atoms with Crippen molar-refractivity contribution in [2.24, 2.45) is 0 Å². The van der Waals surface area contributed by atoms with Gasteiger partial charge < -0.3 is 15.5 Å². The quantitative estimate of drug-likeness (QED) is 0.0470. The van der Waals surface area contributed by atoms with E-state index in [4.69, 9.17) is 0 Å². The van der Waals surface area contributed by atoms with Crippen molar-refractivity contribution in [2.75, 3.05) is 6.61 Å². The second kappa shape index (κ2) is 37.6. The topological polar surface area (TPSA) is 69.6 Å². The van der Waals surface area contributed by atoms with Gasteiger partial charge in [0.15, 0.2) is 0 Å². The van der Waals surface area contributed by atoms with Gasteiger partial charge in [0, 0.05) is 6.42 Å². The van der Waals surface area contributed by atoms with Crippen LogP contribution in [0.5, 0.6) is 0 Å². The first-order chi connectivity index (χ1) is 22.2. The molecule has 2 unspecified atom stereocenters. The van der Waals surface area contributed by atoms with Gasteiger partial charge in [0.05, 0.1) is 18.8 Å². The molecule has 45 heavy (non-hydrogen) atoms. The van der Waals surface area contributed by atoms with Crippen molar-refractivity contribution in [1.82, 2.24) is 5.32 Å². The minimum atomic E-state index is -0.831. The zero-order valence-corrected chi connectivity index (χ0v) is 30.7. The molecule has 0 bridgehead atoms. The van der Waals surface area contributed by atoms with Crippen molar-refractivity contribution < 1.29 is 15.0 Å². The van der Waals surface area contributed by atoms with E-state index in [0.29, 0.717) is 6.42 Å². The minimum Gasteiger partial charge on any atom is -0.394 e. The largest absolute Gasteiger partial charge is 0.394 e. The molecule has 2 atom stereocenters.